The lowest BCUT2D eigenvalue weighted by atomic mass is 10.1. The van der Waals surface area contributed by atoms with Gasteiger partial charge >= 0.3 is 0 Å². The van der Waals surface area contributed by atoms with E-state index in [1.807, 2.05) is 0 Å². The monoisotopic (exact) mass is 363 g/mol. The first kappa shape index (κ1) is 15.8. The van der Waals surface area contributed by atoms with E-state index < -0.39 is 17.6 Å². The van der Waals surface area contributed by atoms with Crippen molar-refractivity contribution in [1.29, 1.82) is 0 Å². The molecule has 0 spiro atoms. The lowest BCUT2D eigenvalue weighted by Crippen LogP contribution is -2.18. The Morgan fingerprint density at radius 2 is 1.77 bits per heavy atom. The third-order valence-electron chi connectivity index (χ3n) is 2.76. The molecule has 0 unspecified atom stereocenters. The van der Waals surface area contributed by atoms with Gasteiger partial charge in [-0.1, -0.05) is 15.9 Å². The van der Waals surface area contributed by atoms with Crippen LogP contribution in [0.15, 0.2) is 52.0 Å². The zero-order chi connectivity index (χ0) is 16.1. The summed E-state index contributed by atoms with van der Waals surface area (Å²) in [5.41, 5.74) is 8.23. The number of hydrogen-bond acceptors (Lipinski definition) is 3. The van der Waals surface area contributed by atoms with E-state index in [-0.39, 0.29) is 5.56 Å². The van der Waals surface area contributed by atoms with E-state index in [0.717, 1.165) is 0 Å². The van der Waals surface area contributed by atoms with Crippen LogP contribution in [0.25, 0.3) is 0 Å². The number of amides is 2. The van der Waals surface area contributed by atoms with Gasteiger partial charge in [-0.15, -0.1) is 0 Å². The summed E-state index contributed by atoms with van der Waals surface area (Å²) < 4.78 is 14.2. The Hall–Kier alpha value is -2.54. The molecule has 3 N–H and O–H groups in total. The van der Waals surface area contributed by atoms with E-state index in [1.54, 1.807) is 6.07 Å². The first-order valence-corrected chi connectivity index (χ1v) is 6.95. The minimum Gasteiger partial charge on any atom is -0.366 e. The van der Waals surface area contributed by atoms with E-state index in [0.29, 0.717) is 15.6 Å². The lowest BCUT2D eigenvalue weighted by Gasteiger charge is -2.01. The Kier molecular flexibility index (Phi) is 5.00. The Balaban J connectivity index is 2.02. The highest BCUT2D eigenvalue weighted by Crippen LogP contribution is 2.13. The van der Waals surface area contributed by atoms with Crippen molar-refractivity contribution in [2.24, 2.45) is 10.8 Å². The molecule has 2 aromatic carbocycles. The van der Waals surface area contributed by atoms with Crippen molar-refractivity contribution in [1.82, 2.24) is 5.43 Å². The molecule has 0 atom stereocenters. The maximum Gasteiger partial charge on any atom is 0.271 e. The minimum absolute atomic E-state index is 0.243. The van der Waals surface area contributed by atoms with E-state index >= 15 is 0 Å². The fourth-order valence-electron chi connectivity index (χ4n) is 1.62. The van der Waals surface area contributed by atoms with Crippen LogP contribution in [0, 0.1) is 5.82 Å². The Morgan fingerprint density at radius 3 is 2.36 bits per heavy atom. The third-order valence-corrected chi connectivity index (χ3v) is 3.26. The summed E-state index contributed by atoms with van der Waals surface area (Å²) in [5, 5.41) is 3.69. The molecule has 0 aromatic heterocycles. The van der Waals surface area contributed by atoms with Crippen LogP contribution >= 0.6 is 15.9 Å². The molecule has 22 heavy (non-hydrogen) atoms. The summed E-state index contributed by atoms with van der Waals surface area (Å²) in [4.78, 5) is 22.7. The number of carbonyl (C=O) groups excluding carboxylic acids is 2. The average Bonchev–Trinajstić information content (AvgIpc) is 2.49. The van der Waals surface area contributed by atoms with Crippen molar-refractivity contribution in [3.05, 3.63) is 69.4 Å². The molecular formula is C15H11BrFN3O2. The molecule has 112 valence electrons. The van der Waals surface area contributed by atoms with Gasteiger partial charge in [-0.2, -0.15) is 5.10 Å². The molecule has 5 nitrogen and oxygen atoms in total. The highest BCUT2D eigenvalue weighted by molar-refractivity contribution is 9.10. The topological polar surface area (TPSA) is 84.5 Å². The van der Waals surface area contributed by atoms with Crippen LogP contribution < -0.4 is 11.2 Å². The van der Waals surface area contributed by atoms with Crippen LogP contribution in [0.2, 0.25) is 0 Å². The van der Waals surface area contributed by atoms with Crippen molar-refractivity contribution in [3.63, 3.8) is 0 Å². The predicted octanol–water partition coefficient (Wildman–Crippen LogP) is 2.45. The fourth-order valence-corrected chi connectivity index (χ4v) is 1.95. The van der Waals surface area contributed by atoms with E-state index in [4.69, 9.17) is 5.73 Å². The second-order valence-electron chi connectivity index (χ2n) is 4.31. The zero-order valence-electron chi connectivity index (χ0n) is 11.2. The highest BCUT2D eigenvalue weighted by atomic mass is 79.9. The van der Waals surface area contributed by atoms with Crippen LogP contribution in [0.4, 0.5) is 4.39 Å². The second-order valence-corrected chi connectivity index (χ2v) is 5.22. The Bertz CT molecular complexity index is 745. The summed E-state index contributed by atoms with van der Waals surface area (Å²) in [6.07, 6.45) is 1.21. The second kappa shape index (κ2) is 6.95. The van der Waals surface area contributed by atoms with Crippen molar-refractivity contribution in [2.75, 3.05) is 0 Å². The molecule has 0 aliphatic heterocycles. The summed E-state index contributed by atoms with van der Waals surface area (Å²) in [6.45, 7) is 0. The van der Waals surface area contributed by atoms with Crippen molar-refractivity contribution >= 4 is 34.0 Å². The molecule has 0 saturated heterocycles. The first-order chi connectivity index (χ1) is 10.5. The number of benzene rings is 2. The number of hydrogen-bond donors (Lipinski definition) is 2. The average molecular weight is 364 g/mol. The lowest BCUT2D eigenvalue weighted by molar-refractivity contribution is 0.0952. The first-order valence-electron chi connectivity index (χ1n) is 6.15. The summed E-state index contributed by atoms with van der Waals surface area (Å²) in [5.74, 6) is -1.52. The summed E-state index contributed by atoms with van der Waals surface area (Å²) in [7, 11) is 0. The van der Waals surface area contributed by atoms with E-state index in [1.165, 1.54) is 42.6 Å². The van der Waals surface area contributed by atoms with Crippen LogP contribution in [0.3, 0.4) is 0 Å². The predicted molar refractivity (Wildman–Crippen MR) is 84.1 cm³/mol. The van der Waals surface area contributed by atoms with E-state index in [2.05, 4.69) is 26.5 Å². The maximum atomic E-state index is 13.5. The zero-order valence-corrected chi connectivity index (χ0v) is 12.8. The number of primary amides is 1. The Morgan fingerprint density at radius 1 is 1.14 bits per heavy atom. The van der Waals surface area contributed by atoms with Crippen molar-refractivity contribution in [3.8, 4) is 0 Å². The molecular weight excluding hydrogens is 353 g/mol. The number of nitrogens with one attached hydrogen (secondary N) is 1. The standard InChI is InChI=1S/C15H11BrFN3O2/c16-12-6-5-11(13(17)7-12)8-19-20-15(22)10-3-1-9(2-4-10)14(18)21/h1-8H,(H2,18,21)(H,20,22). The normalized spacial score (nSPS) is 10.6. The molecule has 0 bridgehead atoms. The largest absolute Gasteiger partial charge is 0.366 e. The van der Waals surface area contributed by atoms with Gasteiger partial charge in [0.25, 0.3) is 5.91 Å². The number of rotatable bonds is 4. The molecule has 2 aromatic rings. The summed E-state index contributed by atoms with van der Waals surface area (Å²) >= 11 is 3.15. The number of hydrazone groups is 1. The molecule has 0 radical (unpaired) electrons. The van der Waals surface area contributed by atoms with Crippen LogP contribution in [0.1, 0.15) is 26.3 Å². The van der Waals surface area contributed by atoms with Crippen molar-refractivity contribution < 1.29 is 14.0 Å². The smallest absolute Gasteiger partial charge is 0.271 e. The molecule has 2 amide bonds. The van der Waals surface area contributed by atoms with E-state index in [9.17, 15) is 14.0 Å². The molecule has 2 rings (SSSR count). The van der Waals surface area contributed by atoms with Gasteiger partial charge in [-0.05, 0) is 42.5 Å². The minimum atomic E-state index is -0.573. The van der Waals surface area contributed by atoms with Crippen LogP contribution in [-0.4, -0.2) is 18.0 Å². The van der Waals surface area contributed by atoms with Gasteiger partial charge in [0.1, 0.15) is 5.82 Å². The van der Waals surface area contributed by atoms with Crippen LogP contribution in [0.5, 0.6) is 0 Å². The molecule has 0 heterocycles. The number of halogens is 2. The fraction of sp³-hybridized carbons (Fsp3) is 0. The Labute approximate surface area is 134 Å². The quantitative estimate of drug-likeness (QED) is 0.645. The van der Waals surface area contributed by atoms with Gasteiger partial charge in [0.15, 0.2) is 0 Å². The van der Waals surface area contributed by atoms with Gasteiger partial charge in [0.05, 0.1) is 6.21 Å². The van der Waals surface area contributed by atoms with Gasteiger partial charge < -0.3 is 5.73 Å². The number of nitrogens with two attached hydrogens (primary N) is 1. The van der Waals surface area contributed by atoms with Gasteiger partial charge in [-0.3, -0.25) is 9.59 Å². The molecule has 0 fully saturated rings. The SMILES string of the molecule is NC(=O)c1ccc(C(=O)NN=Cc2ccc(Br)cc2F)cc1. The molecule has 0 aliphatic carbocycles. The molecule has 0 aliphatic rings. The number of carbonyl (C=O) groups is 2. The third kappa shape index (κ3) is 3.98. The number of nitrogens with zero attached hydrogens (tertiary/aromatic N) is 1. The molecule has 0 saturated carbocycles. The highest BCUT2D eigenvalue weighted by Gasteiger charge is 2.06. The van der Waals surface area contributed by atoms with Gasteiger partial charge in [0.2, 0.25) is 5.91 Å². The maximum absolute atomic E-state index is 13.5. The summed E-state index contributed by atoms with van der Waals surface area (Å²) in [6, 6.07) is 10.3. The molecule has 7 heteroatoms. The van der Waals surface area contributed by atoms with Gasteiger partial charge in [0, 0.05) is 21.2 Å². The van der Waals surface area contributed by atoms with Crippen LogP contribution in [-0.2, 0) is 0 Å². The van der Waals surface area contributed by atoms with Gasteiger partial charge in [-0.25, -0.2) is 9.82 Å². The van der Waals surface area contributed by atoms with Crippen molar-refractivity contribution in [2.45, 2.75) is 0 Å².